The van der Waals surface area contributed by atoms with E-state index in [2.05, 4.69) is 17.3 Å². The van der Waals surface area contributed by atoms with Gasteiger partial charge in [0.1, 0.15) is 11.3 Å². The van der Waals surface area contributed by atoms with Crippen LogP contribution in [0.15, 0.2) is 30.5 Å². The predicted octanol–water partition coefficient (Wildman–Crippen LogP) is 3.99. The van der Waals surface area contributed by atoms with Gasteiger partial charge in [0.05, 0.1) is 12.8 Å². The fourth-order valence-electron chi connectivity index (χ4n) is 4.07. The molecule has 1 heterocycles. The number of amides is 1. The summed E-state index contributed by atoms with van der Waals surface area (Å²) in [5, 5.41) is 8.08. The quantitative estimate of drug-likeness (QED) is 0.784. The minimum atomic E-state index is -0.545. The summed E-state index contributed by atoms with van der Waals surface area (Å²) in [5.41, 5.74) is 2.51. The van der Waals surface area contributed by atoms with Crippen molar-refractivity contribution in [2.45, 2.75) is 64.6 Å². The molecule has 0 radical (unpaired) electrons. The number of nitrogens with zero attached hydrogens (tertiary/aromatic N) is 3. The number of carbonyl (C=O) groups is 1. The number of aryl methyl sites for hydroxylation is 2. The first-order chi connectivity index (χ1) is 13.5. The lowest BCUT2D eigenvalue weighted by Crippen LogP contribution is -2.54. The van der Waals surface area contributed by atoms with Gasteiger partial charge in [0.2, 0.25) is 5.91 Å². The summed E-state index contributed by atoms with van der Waals surface area (Å²) in [6.45, 7) is 5.49. The number of likely N-dealkylation sites (N-methyl/N-ethyl adjacent to an activating group) is 1. The molecule has 28 heavy (non-hydrogen) atoms. The summed E-state index contributed by atoms with van der Waals surface area (Å²) in [6, 6.07) is 7.82. The van der Waals surface area contributed by atoms with E-state index in [1.807, 2.05) is 54.0 Å². The molecule has 1 N–H and O–H groups in total. The van der Waals surface area contributed by atoms with E-state index < -0.39 is 5.54 Å². The second-order valence-electron chi connectivity index (χ2n) is 7.75. The molecule has 1 aromatic carbocycles. The third-order valence-electron chi connectivity index (χ3n) is 5.72. The van der Waals surface area contributed by atoms with Crippen LogP contribution in [0.25, 0.3) is 0 Å². The zero-order chi connectivity index (χ0) is 20.1. The number of benzene rings is 1. The van der Waals surface area contributed by atoms with Gasteiger partial charge in [0.25, 0.3) is 0 Å². The number of hydrogen-bond donors (Lipinski definition) is 1. The minimum Gasteiger partial charge on any atom is -0.497 e. The second-order valence-corrected chi connectivity index (χ2v) is 7.75. The molecule has 3 rings (SSSR count). The van der Waals surface area contributed by atoms with Crippen LogP contribution in [0.2, 0.25) is 0 Å². The molecular weight excluding hydrogens is 352 g/mol. The first-order valence-electron chi connectivity index (χ1n) is 10.2. The van der Waals surface area contributed by atoms with Gasteiger partial charge in [-0.05, 0) is 51.0 Å². The lowest BCUT2D eigenvalue weighted by molar-refractivity contribution is -0.136. The van der Waals surface area contributed by atoms with Crippen LogP contribution in [-0.2, 0) is 17.9 Å². The largest absolute Gasteiger partial charge is 0.497 e. The molecule has 2 aromatic rings. The first-order valence-corrected chi connectivity index (χ1v) is 10.2. The monoisotopic (exact) mass is 384 g/mol. The normalized spacial score (nSPS) is 15.9. The third kappa shape index (κ3) is 4.32. The molecule has 0 spiro atoms. The lowest BCUT2D eigenvalue weighted by atomic mass is 9.80. The Morgan fingerprint density at radius 1 is 1.25 bits per heavy atom. The van der Waals surface area contributed by atoms with E-state index in [0.29, 0.717) is 6.54 Å². The molecule has 1 fully saturated rings. The number of nitrogens with one attached hydrogen (secondary N) is 1. The highest BCUT2D eigenvalue weighted by Gasteiger charge is 2.41. The summed E-state index contributed by atoms with van der Waals surface area (Å²) in [6.07, 6.45) is 7.07. The van der Waals surface area contributed by atoms with Crippen molar-refractivity contribution >= 4 is 11.6 Å². The van der Waals surface area contributed by atoms with E-state index in [0.717, 1.165) is 54.9 Å². The maximum atomic E-state index is 13.6. The molecule has 1 aromatic heterocycles. The fourth-order valence-corrected chi connectivity index (χ4v) is 4.07. The molecular formula is C22H32N4O2. The summed E-state index contributed by atoms with van der Waals surface area (Å²) in [4.78, 5) is 15.4. The molecule has 1 aliphatic rings. The standard InChI is InChI=1S/C22H32N4O2/c1-5-26-16-18(17(2)24-26)15-25(3)21(27)22(13-7-6-8-14-22)23-19-9-11-20(28-4)12-10-19/h9-12,16,23H,5-8,13-15H2,1-4H3. The fraction of sp³-hybridized carbons (Fsp3) is 0.545. The number of ether oxygens (including phenoxy) is 1. The zero-order valence-electron chi connectivity index (χ0n) is 17.5. The Bertz CT molecular complexity index is 791. The van der Waals surface area contributed by atoms with Crippen molar-refractivity contribution in [2.24, 2.45) is 0 Å². The topological polar surface area (TPSA) is 59.4 Å². The van der Waals surface area contributed by atoms with Gasteiger partial charge < -0.3 is 15.0 Å². The maximum absolute atomic E-state index is 13.6. The van der Waals surface area contributed by atoms with Crippen LogP contribution in [0.5, 0.6) is 5.75 Å². The van der Waals surface area contributed by atoms with Crippen LogP contribution >= 0.6 is 0 Å². The number of carbonyl (C=O) groups excluding carboxylic acids is 1. The molecule has 6 heteroatoms. The van der Waals surface area contributed by atoms with Crippen molar-refractivity contribution in [3.8, 4) is 5.75 Å². The van der Waals surface area contributed by atoms with E-state index in [1.165, 1.54) is 6.42 Å². The van der Waals surface area contributed by atoms with Gasteiger partial charge in [0, 0.05) is 37.6 Å². The minimum absolute atomic E-state index is 0.159. The molecule has 0 saturated heterocycles. The van der Waals surface area contributed by atoms with Crippen molar-refractivity contribution in [3.05, 3.63) is 41.7 Å². The van der Waals surface area contributed by atoms with Crippen LogP contribution in [0.4, 0.5) is 5.69 Å². The Kier molecular flexibility index (Phi) is 6.27. The summed E-state index contributed by atoms with van der Waals surface area (Å²) >= 11 is 0. The molecule has 0 unspecified atom stereocenters. The summed E-state index contributed by atoms with van der Waals surface area (Å²) < 4.78 is 7.17. The van der Waals surface area contributed by atoms with E-state index >= 15 is 0 Å². The average molecular weight is 385 g/mol. The maximum Gasteiger partial charge on any atom is 0.248 e. The number of rotatable bonds is 7. The zero-order valence-corrected chi connectivity index (χ0v) is 17.5. The highest BCUT2D eigenvalue weighted by molar-refractivity contribution is 5.89. The summed E-state index contributed by atoms with van der Waals surface area (Å²) in [5.74, 6) is 0.974. The third-order valence-corrected chi connectivity index (χ3v) is 5.72. The molecule has 152 valence electrons. The van der Waals surface area contributed by atoms with Gasteiger partial charge in [0.15, 0.2) is 0 Å². The van der Waals surface area contributed by atoms with E-state index in [4.69, 9.17) is 4.74 Å². The SMILES string of the molecule is CCn1cc(CN(C)C(=O)C2(Nc3ccc(OC)cc3)CCCCC2)c(C)n1. The van der Waals surface area contributed by atoms with Crippen molar-refractivity contribution in [1.29, 1.82) is 0 Å². The molecule has 0 atom stereocenters. The second kappa shape index (κ2) is 8.67. The highest BCUT2D eigenvalue weighted by atomic mass is 16.5. The Morgan fingerprint density at radius 3 is 2.50 bits per heavy atom. The van der Waals surface area contributed by atoms with Gasteiger partial charge in [-0.3, -0.25) is 9.48 Å². The van der Waals surface area contributed by atoms with Crippen LogP contribution < -0.4 is 10.1 Å². The summed E-state index contributed by atoms with van der Waals surface area (Å²) in [7, 11) is 3.56. The molecule has 0 bridgehead atoms. The van der Waals surface area contributed by atoms with Crippen molar-refractivity contribution < 1.29 is 9.53 Å². The van der Waals surface area contributed by atoms with Crippen molar-refractivity contribution in [3.63, 3.8) is 0 Å². The van der Waals surface area contributed by atoms with E-state index in [9.17, 15) is 4.79 Å². The molecule has 1 saturated carbocycles. The van der Waals surface area contributed by atoms with Gasteiger partial charge in [-0.1, -0.05) is 19.3 Å². The van der Waals surface area contributed by atoms with Gasteiger partial charge in [-0.15, -0.1) is 0 Å². The molecule has 1 amide bonds. The molecule has 6 nitrogen and oxygen atoms in total. The molecule has 0 aliphatic heterocycles. The highest BCUT2D eigenvalue weighted by Crippen LogP contribution is 2.34. The number of hydrogen-bond acceptors (Lipinski definition) is 4. The van der Waals surface area contributed by atoms with Gasteiger partial charge >= 0.3 is 0 Å². The van der Waals surface area contributed by atoms with Crippen LogP contribution in [0.3, 0.4) is 0 Å². The lowest BCUT2D eigenvalue weighted by Gasteiger charge is -2.40. The number of anilines is 1. The smallest absolute Gasteiger partial charge is 0.248 e. The number of methoxy groups -OCH3 is 1. The van der Waals surface area contributed by atoms with E-state index in [1.54, 1.807) is 7.11 Å². The number of aromatic nitrogens is 2. The predicted molar refractivity (Wildman–Crippen MR) is 112 cm³/mol. The Labute approximate surface area is 167 Å². The Hall–Kier alpha value is -2.50. The van der Waals surface area contributed by atoms with Gasteiger partial charge in [-0.25, -0.2) is 0 Å². The molecule has 1 aliphatic carbocycles. The van der Waals surface area contributed by atoms with E-state index in [-0.39, 0.29) is 5.91 Å². The van der Waals surface area contributed by atoms with Crippen molar-refractivity contribution in [2.75, 3.05) is 19.5 Å². The Balaban J connectivity index is 1.78. The average Bonchev–Trinajstić information content (AvgIpc) is 3.08. The first kappa shape index (κ1) is 20.2. The van der Waals surface area contributed by atoms with Crippen LogP contribution in [-0.4, -0.2) is 40.3 Å². The van der Waals surface area contributed by atoms with Gasteiger partial charge in [-0.2, -0.15) is 5.10 Å². The van der Waals surface area contributed by atoms with Crippen LogP contribution in [0.1, 0.15) is 50.3 Å². The van der Waals surface area contributed by atoms with Crippen molar-refractivity contribution in [1.82, 2.24) is 14.7 Å². The Morgan fingerprint density at radius 2 is 1.93 bits per heavy atom. The van der Waals surface area contributed by atoms with Crippen LogP contribution in [0, 0.1) is 6.92 Å².